The number of ether oxygens (including phenoxy) is 2. The Morgan fingerprint density at radius 2 is 1.89 bits per heavy atom. The normalized spacial score (nSPS) is 21.9. The van der Waals surface area contributed by atoms with E-state index in [-0.39, 0.29) is 36.4 Å². The molecule has 1 aromatic carbocycles. The molecule has 0 N–H and O–H groups in total. The minimum Gasteiger partial charge on any atom is -0.491 e. The summed E-state index contributed by atoms with van der Waals surface area (Å²) in [7, 11) is 0. The molecule has 1 saturated carbocycles. The van der Waals surface area contributed by atoms with Crippen molar-refractivity contribution in [3.8, 4) is 5.75 Å². The summed E-state index contributed by atoms with van der Waals surface area (Å²) in [5, 5.41) is 2.11. The Bertz CT molecular complexity index is 1050. The average molecular weight is 525 g/mol. The van der Waals surface area contributed by atoms with Gasteiger partial charge < -0.3 is 19.3 Å². The molecule has 1 aromatic heterocycles. The maximum atomic E-state index is 13.8. The van der Waals surface area contributed by atoms with Gasteiger partial charge in [0.25, 0.3) is 0 Å². The zero-order valence-electron chi connectivity index (χ0n) is 22.2. The topological polar surface area (TPSA) is 59.1 Å². The zero-order chi connectivity index (χ0) is 25.8. The summed E-state index contributed by atoms with van der Waals surface area (Å²) >= 11 is 1.75. The number of thiophene rings is 1. The van der Waals surface area contributed by atoms with Crippen LogP contribution in [0.2, 0.25) is 0 Å². The second-order valence-electron chi connectivity index (χ2n) is 11.0. The molecule has 1 aliphatic carbocycles. The summed E-state index contributed by atoms with van der Waals surface area (Å²) in [5.74, 6) is 1.47. The van der Waals surface area contributed by atoms with Gasteiger partial charge in [-0.15, -0.1) is 11.3 Å². The molecule has 2 aliphatic heterocycles. The van der Waals surface area contributed by atoms with Crippen molar-refractivity contribution >= 4 is 23.2 Å². The third kappa shape index (κ3) is 6.20. The fourth-order valence-electron chi connectivity index (χ4n) is 5.95. The molecule has 3 aliphatic rings. The van der Waals surface area contributed by atoms with Gasteiger partial charge in [0.05, 0.1) is 18.7 Å². The Hall–Kier alpha value is -2.38. The van der Waals surface area contributed by atoms with Crippen LogP contribution in [-0.4, -0.2) is 60.6 Å². The molecule has 5 rings (SSSR count). The Morgan fingerprint density at radius 1 is 1.11 bits per heavy atom. The van der Waals surface area contributed by atoms with Gasteiger partial charge in [-0.1, -0.05) is 38.8 Å². The number of carbonyl (C=O) groups is 2. The fourth-order valence-corrected chi connectivity index (χ4v) is 6.88. The van der Waals surface area contributed by atoms with E-state index in [1.165, 1.54) is 16.0 Å². The van der Waals surface area contributed by atoms with E-state index in [4.69, 9.17) is 9.47 Å². The van der Waals surface area contributed by atoms with Gasteiger partial charge in [0.2, 0.25) is 11.8 Å². The molecule has 200 valence electrons. The van der Waals surface area contributed by atoms with Crippen LogP contribution >= 0.6 is 11.3 Å². The molecular weight excluding hydrogens is 484 g/mol. The van der Waals surface area contributed by atoms with Gasteiger partial charge in [0.1, 0.15) is 12.4 Å². The Morgan fingerprint density at radius 3 is 2.59 bits per heavy atom. The largest absolute Gasteiger partial charge is 0.491 e. The maximum absolute atomic E-state index is 13.8. The number of rotatable bonds is 9. The third-order valence-electron chi connectivity index (χ3n) is 8.16. The highest BCUT2D eigenvalue weighted by molar-refractivity contribution is 7.10. The van der Waals surface area contributed by atoms with Crippen LogP contribution < -0.4 is 4.74 Å². The van der Waals surface area contributed by atoms with Crippen LogP contribution in [0.4, 0.5) is 0 Å². The Labute approximate surface area is 224 Å². The molecule has 2 amide bonds. The monoisotopic (exact) mass is 524 g/mol. The lowest BCUT2D eigenvalue weighted by atomic mass is 10.00. The maximum Gasteiger partial charge on any atom is 0.242 e. The minimum atomic E-state index is -0.154. The molecule has 1 saturated heterocycles. The van der Waals surface area contributed by atoms with Crippen molar-refractivity contribution in [2.45, 2.75) is 76.9 Å². The van der Waals surface area contributed by atoms with Crippen LogP contribution in [0, 0.1) is 5.92 Å². The van der Waals surface area contributed by atoms with Gasteiger partial charge in [-0.25, -0.2) is 0 Å². The molecule has 3 heterocycles. The minimum absolute atomic E-state index is 0.00458. The zero-order valence-corrected chi connectivity index (χ0v) is 23.0. The summed E-state index contributed by atoms with van der Waals surface area (Å²) in [6.45, 7) is 6.79. The number of hydrogen-bond acceptors (Lipinski definition) is 5. The smallest absolute Gasteiger partial charge is 0.242 e. The lowest BCUT2D eigenvalue weighted by Gasteiger charge is -2.37. The van der Waals surface area contributed by atoms with Gasteiger partial charge in [-0.2, -0.15) is 0 Å². The average Bonchev–Trinajstić information content (AvgIpc) is 3.69. The summed E-state index contributed by atoms with van der Waals surface area (Å²) in [6.07, 6.45) is 6.93. The van der Waals surface area contributed by atoms with Gasteiger partial charge >= 0.3 is 0 Å². The van der Waals surface area contributed by atoms with E-state index in [1.807, 2.05) is 17.0 Å². The first-order valence-corrected chi connectivity index (χ1v) is 14.9. The van der Waals surface area contributed by atoms with Crippen molar-refractivity contribution in [2.24, 2.45) is 5.92 Å². The van der Waals surface area contributed by atoms with Crippen LogP contribution in [0.15, 0.2) is 35.7 Å². The quantitative estimate of drug-likeness (QED) is 0.430. The van der Waals surface area contributed by atoms with Crippen molar-refractivity contribution in [3.05, 3.63) is 51.7 Å². The predicted molar refractivity (Wildman–Crippen MR) is 146 cm³/mol. The van der Waals surface area contributed by atoms with E-state index < -0.39 is 0 Å². The number of hydrogen-bond donors (Lipinski definition) is 0. The van der Waals surface area contributed by atoms with Crippen molar-refractivity contribution in [1.29, 1.82) is 0 Å². The van der Waals surface area contributed by atoms with E-state index >= 15 is 0 Å². The molecule has 0 radical (unpaired) electrons. The summed E-state index contributed by atoms with van der Waals surface area (Å²) in [6, 6.07) is 10.2. The number of benzene rings is 1. The lowest BCUT2D eigenvalue weighted by Crippen LogP contribution is -2.50. The highest BCUT2D eigenvalue weighted by Gasteiger charge is 2.36. The number of nitrogens with zero attached hydrogens (tertiary/aromatic N) is 2. The van der Waals surface area contributed by atoms with Crippen LogP contribution in [0.3, 0.4) is 0 Å². The van der Waals surface area contributed by atoms with E-state index in [0.717, 1.165) is 57.3 Å². The second kappa shape index (κ2) is 12.0. The molecule has 2 fully saturated rings. The Kier molecular flexibility index (Phi) is 8.50. The first-order chi connectivity index (χ1) is 18.0. The molecule has 0 spiro atoms. The SMILES string of the molecule is CC(C)c1ccc(OC[C@@H]2c3ccsc3CCN2C(=O)CN(C[C@@H]2CCCO2)C(=O)C2CCCC2)cc1. The van der Waals surface area contributed by atoms with Gasteiger partial charge in [-0.05, 0) is 72.7 Å². The van der Waals surface area contributed by atoms with Crippen LogP contribution in [-0.2, 0) is 20.7 Å². The van der Waals surface area contributed by atoms with Crippen LogP contribution in [0.25, 0.3) is 0 Å². The van der Waals surface area contributed by atoms with Crippen LogP contribution in [0.5, 0.6) is 5.75 Å². The molecule has 37 heavy (non-hydrogen) atoms. The molecule has 7 heteroatoms. The number of amides is 2. The highest BCUT2D eigenvalue weighted by atomic mass is 32.1. The third-order valence-corrected chi connectivity index (χ3v) is 9.16. The number of carbonyl (C=O) groups excluding carboxylic acids is 2. The standard InChI is InChI=1S/C30H40N2O4S/c1-21(2)22-9-11-24(12-10-22)36-20-27-26-14-17-37-28(26)13-15-32(27)29(33)19-31(18-25-8-5-16-35-25)30(34)23-6-3-4-7-23/h9-12,14,17,21,23,25,27H,3-8,13,15-16,18-20H2,1-2H3/t25-,27+/m0/s1. The summed E-state index contributed by atoms with van der Waals surface area (Å²) in [5.41, 5.74) is 2.46. The first kappa shape index (κ1) is 26.2. The molecule has 2 atom stereocenters. The van der Waals surface area contributed by atoms with E-state index in [0.29, 0.717) is 25.6 Å². The van der Waals surface area contributed by atoms with Crippen molar-refractivity contribution in [1.82, 2.24) is 9.80 Å². The summed E-state index contributed by atoms with van der Waals surface area (Å²) < 4.78 is 12.1. The Balaban J connectivity index is 1.30. The molecule has 6 nitrogen and oxygen atoms in total. The molecule has 0 unspecified atom stereocenters. The van der Waals surface area contributed by atoms with E-state index in [2.05, 4.69) is 37.4 Å². The van der Waals surface area contributed by atoms with Crippen molar-refractivity contribution in [2.75, 3.05) is 32.8 Å². The predicted octanol–water partition coefficient (Wildman–Crippen LogP) is 5.57. The van der Waals surface area contributed by atoms with Gasteiger partial charge in [0, 0.05) is 30.5 Å². The van der Waals surface area contributed by atoms with E-state index in [9.17, 15) is 9.59 Å². The second-order valence-corrected chi connectivity index (χ2v) is 12.0. The van der Waals surface area contributed by atoms with Crippen LogP contribution in [0.1, 0.15) is 80.3 Å². The highest BCUT2D eigenvalue weighted by Crippen LogP contribution is 2.34. The van der Waals surface area contributed by atoms with E-state index in [1.54, 1.807) is 16.2 Å². The summed E-state index contributed by atoms with van der Waals surface area (Å²) in [4.78, 5) is 32.3. The molecule has 2 aromatic rings. The number of fused-ring (bicyclic) bond motifs is 1. The fraction of sp³-hybridized carbons (Fsp3) is 0.600. The molecule has 0 bridgehead atoms. The molecular formula is C30H40N2O4S. The van der Waals surface area contributed by atoms with Crippen molar-refractivity contribution < 1.29 is 19.1 Å². The van der Waals surface area contributed by atoms with Gasteiger partial charge in [-0.3, -0.25) is 9.59 Å². The van der Waals surface area contributed by atoms with Crippen molar-refractivity contribution in [3.63, 3.8) is 0 Å². The van der Waals surface area contributed by atoms with Gasteiger partial charge in [0.15, 0.2) is 0 Å². The lowest BCUT2D eigenvalue weighted by molar-refractivity contribution is -0.146. The first-order valence-electron chi connectivity index (χ1n) is 14.0.